The number of carbonyl (C=O) groups excluding carboxylic acids is 1. The van der Waals surface area contributed by atoms with Gasteiger partial charge in [0.05, 0.1) is 11.6 Å². The molecular formula is C21H30F2N4OS. The minimum atomic E-state index is -0.906. The fourth-order valence-corrected chi connectivity index (χ4v) is 3.06. The van der Waals surface area contributed by atoms with Crippen LogP contribution in [-0.2, 0) is 0 Å². The van der Waals surface area contributed by atoms with Crippen LogP contribution in [0, 0.1) is 12.7 Å². The van der Waals surface area contributed by atoms with Crippen LogP contribution in [0.2, 0.25) is 0 Å². The maximum absolute atomic E-state index is 13.1. The van der Waals surface area contributed by atoms with Crippen LogP contribution in [0.1, 0.15) is 50.5 Å². The quantitative estimate of drug-likeness (QED) is 0.230. The van der Waals surface area contributed by atoms with Gasteiger partial charge in [-0.1, -0.05) is 26.3 Å². The van der Waals surface area contributed by atoms with Crippen molar-refractivity contribution in [1.29, 1.82) is 0 Å². The molecule has 0 radical (unpaired) electrons. The average molecular weight is 425 g/mol. The number of unbranched alkanes of at least 4 members (excludes halogenated alkanes) is 1. The number of amides is 2. The first-order valence-electron chi connectivity index (χ1n) is 9.64. The van der Waals surface area contributed by atoms with Crippen LogP contribution < -0.4 is 16.4 Å². The fraction of sp³-hybridized carbons (Fsp3) is 0.429. The van der Waals surface area contributed by atoms with Crippen LogP contribution in [0.3, 0.4) is 0 Å². The van der Waals surface area contributed by atoms with Crippen molar-refractivity contribution in [1.82, 2.24) is 15.6 Å². The number of hydrogen-bond donors (Lipinski definition) is 3. The number of alkyl halides is 1. The Balaban J connectivity index is 0.000000326. The van der Waals surface area contributed by atoms with Gasteiger partial charge in [-0.05, 0) is 49.6 Å². The first-order chi connectivity index (χ1) is 13.9. The molecule has 0 fully saturated rings. The average Bonchev–Trinajstić information content (AvgIpc) is 2.71. The minimum Gasteiger partial charge on any atom is -0.398 e. The number of aryl methyl sites for hydroxylation is 1. The minimum absolute atomic E-state index is 0.217. The number of nitrogen functional groups attached to an aromatic ring is 1. The van der Waals surface area contributed by atoms with E-state index in [9.17, 15) is 13.6 Å². The maximum atomic E-state index is 13.1. The number of anilines is 1. The molecule has 0 bridgehead atoms. The van der Waals surface area contributed by atoms with Crippen LogP contribution >= 0.6 is 11.8 Å². The van der Waals surface area contributed by atoms with Gasteiger partial charge in [-0.25, -0.2) is 13.6 Å². The molecule has 1 atom stereocenters. The molecule has 2 rings (SSSR count). The molecule has 2 aromatic rings. The first kappa shape index (κ1) is 24.7. The van der Waals surface area contributed by atoms with E-state index in [0.717, 1.165) is 18.4 Å². The molecule has 1 heterocycles. The lowest BCUT2D eigenvalue weighted by molar-refractivity contribution is 0.242. The summed E-state index contributed by atoms with van der Waals surface area (Å²) in [6, 6.07) is 7.66. The van der Waals surface area contributed by atoms with Crippen molar-refractivity contribution in [3.05, 3.63) is 53.6 Å². The van der Waals surface area contributed by atoms with E-state index < -0.39 is 6.17 Å². The second-order valence-corrected chi connectivity index (χ2v) is 7.36. The highest BCUT2D eigenvalue weighted by molar-refractivity contribution is 7.99. The Kier molecular flexibility index (Phi) is 11.7. The molecule has 0 aliphatic rings. The van der Waals surface area contributed by atoms with Gasteiger partial charge in [0.15, 0.2) is 0 Å². The van der Waals surface area contributed by atoms with Crippen molar-refractivity contribution < 1.29 is 13.6 Å². The summed E-state index contributed by atoms with van der Waals surface area (Å²) in [4.78, 5) is 15.9. The number of aromatic nitrogens is 1. The van der Waals surface area contributed by atoms with Crippen molar-refractivity contribution in [2.45, 2.75) is 51.1 Å². The number of benzene rings is 1. The molecule has 0 saturated carbocycles. The van der Waals surface area contributed by atoms with Gasteiger partial charge < -0.3 is 16.4 Å². The predicted molar refractivity (Wildman–Crippen MR) is 116 cm³/mol. The topological polar surface area (TPSA) is 80.0 Å². The van der Waals surface area contributed by atoms with Crippen molar-refractivity contribution in [2.75, 3.05) is 18.2 Å². The third-order valence-electron chi connectivity index (χ3n) is 3.96. The highest BCUT2D eigenvalue weighted by Crippen LogP contribution is 2.24. The normalized spacial score (nSPS) is 11.2. The number of thioether (sulfide) groups is 1. The molecule has 8 heteroatoms. The highest BCUT2D eigenvalue weighted by atomic mass is 32.2. The Labute approximate surface area is 175 Å². The van der Waals surface area contributed by atoms with Crippen molar-refractivity contribution >= 4 is 23.5 Å². The number of halogens is 2. The summed E-state index contributed by atoms with van der Waals surface area (Å²) in [5.41, 5.74) is 7.71. The molecular weight excluding hydrogens is 394 g/mol. The zero-order valence-electron chi connectivity index (χ0n) is 17.2. The summed E-state index contributed by atoms with van der Waals surface area (Å²) in [6.45, 7) is 6.42. The van der Waals surface area contributed by atoms with Gasteiger partial charge in [0.2, 0.25) is 0 Å². The van der Waals surface area contributed by atoms with Crippen molar-refractivity contribution in [3.63, 3.8) is 0 Å². The van der Waals surface area contributed by atoms with Crippen molar-refractivity contribution in [3.8, 4) is 0 Å². The van der Waals surface area contributed by atoms with E-state index in [4.69, 9.17) is 5.73 Å². The first-order valence-corrected chi connectivity index (χ1v) is 10.6. The molecule has 0 aliphatic heterocycles. The summed E-state index contributed by atoms with van der Waals surface area (Å²) in [5, 5.41) is 5.40. The summed E-state index contributed by atoms with van der Waals surface area (Å²) in [7, 11) is 0. The van der Waals surface area contributed by atoms with Gasteiger partial charge in [0.1, 0.15) is 12.0 Å². The van der Waals surface area contributed by atoms with Gasteiger partial charge in [0, 0.05) is 23.3 Å². The number of hydrogen-bond acceptors (Lipinski definition) is 4. The third-order valence-corrected chi connectivity index (χ3v) is 4.91. The number of carbonyl (C=O) groups is 1. The molecule has 160 valence electrons. The van der Waals surface area contributed by atoms with Gasteiger partial charge in [-0.3, -0.25) is 4.98 Å². The van der Waals surface area contributed by atoms with Gasteiger partial charge >= 0.3 is 6.03 Å². The molecule has 5 nitrogen and oxygen atoms in total. The van der Waals surface area contributed by atoms with E-state index in [1.807, 2.05) is 26.0 Å². The van der Waals surface area contributed by atoms with E-state index >= 15 is 0 Å². The summed E-state index contributed by atoms with van der Waals surface area (Å²) < 4.78 is 26.0. The lowest BCUT2D eigenvalue weighted by atomic mass is 10.1. The van der Waals surface area contributed by atoms with Crippen LogP contribution in [0.5, 0.6) is 0 Å². The van der Waals surface area contributed by atoms with E-state index in [-0.39, 0.29) is 11.8 Å². The Morgan fingerprint density at radius 1 is 1.28 bits per heavy atom. The predicted octanol–water partition coefficient (Wildman–Crippen LogP) is 5.37. The molecule has 4 N–H and O–H groups in total. The molecule has 1 aromatic carbocycles. The van der Waals surface area contributed by atoms with E-state index in [0.29, 0.717) is 35.1 Å². The highest BCUT2D eigenvalue weighted by Gasteiger charge is 2.09. The molecule has 0 spiro atoms. The largest absolute Gasteiger partial charge is 0.398 e. The molecule has 0 aliphatic carbocycles. The third kappa shape index (κ3) is 9.60. The van der Waals surface area contributed by atoms with Gasteiger partial charge in [0.25, 0.3) is 0 Å². The number of nitrogens with one attached hydrogen (secondary N) is 2. The van der Waals surface area contributed by atoms with E-state index in [1.165, 1.54) is 30.0 Å². The number of nitrogens with two attached hydrogens (primary N) is 1. The maximum Gasteiger partial charge on any atom is 0.315 e. The monoisotopic (exact) mass is 424 g/mol. The van der Waals surface area contributed by atoms with Crippen LogP contribution in [-0.4, -0.2) is 23.4 Å². The standard InChI is InChI=1S/C12H18FN3OS.C9H12FN/c1-2-3-6-15-12(17)16-8-18-11-7-9(13)4-5-10(11)14;1-3-8(10)9-7(2)5-4-6-11-9/h4-5,7H,2-3,6,8,14H2,1H3,(H2,15,16,17);4-6,8H,3H2,1-2H3. The number of nitrogens with zero attached hydrogens (tertiary/aromatic N) is 1. The fourth-order valence-electron chi connectivity index (χ4n) is 2.27. The van der Waals surface area contributed by atoms with Crippen LogP contribution in [0.15, 0.2) is 41.4 Å². The zero-order chi connectivity index (χ0) is 21.6. The smallest absolute Gasteiger partial charge is 0.315 e. The molecule has 2 amide bonds. The number of pyridine rings is 1. The second-order valence-electron chi connectivity index (χ2n) is 6.34. The van der Waals surface area contributed by atoms with Gasteiger partial charge in [-0.2, -0.15) is 0 Å². The summed E-state index contributed by atoms with van der Waals surface area (Å²) >= 11 is 1.29. The SMILES string of the molecule is CCC(F)c1ncccc1C.CCCCNC(=O)NCSc1cc(F)ccc1N. The molecule has 1 aromatic heterocycles. The van der Waals surface area contributed by atoms with Crippen LogP contribution in [0.4, 0.5) is 19.3 Å². The lowest BCUT2D eigenvalue weighted by Gasteiger charge is -2.08. The molecule has 29 heavy (non-hydrogen) atoms. The van der Waals surface area contributed by atoms with Gasteiger partial charge in [-0.15, -0.1) is 11.8 Å². The summed E-state index contributed by atoms with van der Waals surface area (Å²) in [6.07, 6.45) is 3.21. The van der Waals surface area contributed by atoms with E-state index in [1.54, 1.807) is 6.20 Å². The Morgan fingerprint density at radius 3 is 2.69 bits per heavy atom. The Morgan fingerprint density at radius 2 is 2.03 bits per heavy atom. The van der Waals surface area contributed by atoms with E-state index in [2.05, 4.69) is 22.5 Å². The summed E-state index contributed by atoms with van der Waals surface area (Å²) in [5.74, 6) is 0.0186. The number of rotatable bonds is 8. The second kappa shape index (κ2) is 13.8. The molecule has 1 unspecified atom stereocenters. The number of urea groups is 1. The molecule has 0 saturated heterocycles. The lowest BCUT2D eigenvalue weighted by Crippen LogP contribution is -2.35. The van der Waals surface area contributed by atoms with Crippen molar-refractivity contribution in [2.24, 2.45) is 0 Å². The van der Waals surface area contributed by atoms with Crippen LogP contribution in [0.25, 0.3) is 0 Å². The Bertz CT molecular complexity index is 761. The Hall–Kier alpha value is -2.35. The zero-order valence-corrected chi connectivity index (χ0v) is 18.0.